The van der Waals surface area contributed by atoms with Crippen LogP contribution in [0.4, 0.5) is 5.69 Å². The smallest absolute Gasteiger partial charge is 0.294 e. The molecule has 1 aromatic rings. The third kappa shape index (κ3) is 18.8. The molecule has 0 fully saturated rings. The zero-order valence-corrected chi connectivity index (χ0v) is 43.1. The van der Waals surface area contributed by atoms with E-state index in [1.54, 1.807) is 25.3 Å². The van der Waals surface area contributed by atoms with Gasteiger partial charge in [-0.25, -0.2) is 4.58 Å². The summed E-state index contributed by atoms with van der Waals surface area (Å²) >= 11 is 0. The Hall–Kier alpha value is -4.15. The van der Waals surface area contributed by atoms with Crippen LogP contribution >= 0.6 is 0 Å². The highest BCUT2D eigenvalue weighted by atomic mass is 32.2. The van der Waals surface area contributed by atoms with Crippen LogP contribution in [-0.4, -0.2) is 129 Å². The summed E-state index contributed by atoms with van der Waals surface area (Å²) in [5.74, 6) is 4.97. The van der Waals surface area contributed by atoms with Gasteiger partial charge < -0.3 is 28.3 Å². The summed E-state index contributed by atoms with van der Waals surface area (Å²) in [4.78, 5) is 13.8. The van der Waals surface area contributed by atoms with Crippen LogP contribution in [-0.2, 0) is 64.9 Å². The number of nitrogens with two attached hydrogens (primary N) is 1. The summed E-state index contributed by atoms with van der Waals surface area (Å²) in [6, 6.07) is 12.0. The topological polar surface area (TPSA) is 299 Å². The maximum absolute atomic E-state index is 12.4. The Morgan fingerprint density at radius 2 is 1.49 bits per heavy atom. The van der Waals surface area contributed by atoms with Crippen LogP contribution in [0.3, 0.4) is 0 Å². The lowest BCUT2D eigenvalue weighted by atomic mass is 9.77. The van der Waals surface area contributed by atoms with Crippen molar-refractivity contribution in [3.63, 3.8) is 0 Å². The van der Waals surface area contributed by atoms with E-state index in [-0.39, 0.29) is 48.4 Å². The van der Waals surface area contributed by atoms with Crippen molar-refractivity contribution in [2.45, 2.75) is 88.4 Å². The Morgan fingerprint density at radius 3 is 2.11 bits per heavy atom. The normalized spacial score (nSPS) is 16.7. The highest BCUT2D eigenvalue weighted by Gasteiger charge is 2.43. The van der Waals surface area contributed by atoms with Gasteiger partial charge in [0.05, 0.1) is 62.1 Å². The number of nitrogens with one attached hydrogen (secondary N) is 3. The van der Waals surface area contributed by atoms with Gasteiger partial charge in [-0.05, 0) is 91.6 Å². The minimum absolute atomic E-state index is 0.0249. The number of nitrogens with zero attached hydrogens (tertiary/aromatic N) is 2. The molecule has 0 bridgehead atoms. The van der Waals surface area contributed by atoms with Crippen molar-refractivity contribution in [2.75, 3.05) is 89.4 Å². The fraction of sp³-hybridized carbons (Fsp3) is 0.565. The first-order chi connectivity index (χ1) is 33.0. The monoisotopic (exact) mass is 1040 g/mol. The van der Waals surface area contributed by atoms with E-state index < -0.39 is 47.3 Å². The van der Waals surface area contributed by atoms with E-state index in [1.807, 2.05) is 46.7 Å². The fourth-order valence-electron chi connectivity index (χ4n) is 8.20. The first-order valence-corrected chi connectivity index (χ1v) is 27.7. The molecule has 392 valence electrons. The van der Waals surface area contributed by atoms with Gasteiger partial charge in [-0.15, -0.1) is 0 Å². The average molecular weight is 1040 g/mol. The maximum atomic E-state index is 12.4. The quantitative estimate of drug-likeness (QED) is 0.0159. The zero-order chi connectivity index (χ0) is 51.6. The van der Waals surface area contributed by atoms with Gasteiger partial charge >= 0.3 is 0 Å². The van der Waals surface area contributed by atoms with E-state index in [4.69, 9.17) is 29.2 Å². The number of anilines is 1. The zero-order valence-electron chi connectivity index (χ0n) is 40.6. The number of allylic oxidation sites excluding steroid dienone is 3. The first kappa shape index (κ1) is 58.4. The Balaban J connectivity index is 1.74. The standard InChI is InChI=1S/C46H70N6O15S3/c1-45(2,3)39-33-36(67-42-32-35(15-17-38(39)42)51(20-11-31-69(57,58)59)22-23-64-26-27-66-29-28-65-25-24-63-5)12-9-13-43-46(4,19-10-30-68(54,55)56)40-34-37(70(60,61)62)16-18-41(40)52(43)21-8-6-7-14-44(53)48-50-49-47/h9,12-13,15-18,32-34,49-50H,6-8,10-11,14,19-31,47H2,1-5H3,(H3-,48,53,54,55,56,57,58,59,60,61,62)/p+1. The maximum Gasteiger partial charge on any atom is 0.294 e. The number of benzene rings is 2. The molecule has 4 rings (SSSR count). The van der Waals surface area contributed by atoms with Crippen LogP contribution in [0.5, 0.6) is 0 Å². The molecule has 0 aromatic heterocycles. The molecule has 70 heavy (non-hydrogen) atoms. The fourth-order valence-corrected chi connectivity index (χ4v) is 9.71. The molecule has 21 nitrogen and oxygen atoms in total. The highest BCUT2D eigenvalue weighted by molar-refractivity contribution is 7.86. The lowest BCUT2D eigenvalue weighted by Crippen LogP contribution is -2.49. The predicted octanol–water partition coefficient (Wildman–Crippen LogP) is 3.58. The van der Waals surface area contributed by atoms with Crippen molar-refractivity contribution in [3.05, 3.63) is 82.6 Å². The summed E-state index contributed by atoms with van der Waals surface area (Å²) < 4.78 is 131. The molecule has 1 aliphatic carbocycles. The molecule has 0 saturated carbocycles. The van der Waals surface area contributed by atoms with Crippen LogP contribution in [0, 0.1) is 0 Å². The summed E-state index contributed by atoms with van der Waals surface area (Å²) in [6.07, 6.45) is 7.79. The molecular weight excluding hydrogens is 973 g/mol. The number of hydrazine groups is 3. The molecule has 3 aliphatic rings. The van der Waals surface area contributed by atoms with Crippen molar-refractivity contribution < 1.29 is 67.1 Å². The lowest BCUT2D eigenvalue weighted by Gasteiger charge is -2.30. The van der Waals surface area contributed by atoms with Crippen LogP contribution in [0.25, 0.3) is 17.4 Å². The molecule has 2 aliphatic heterocycles. The number of methoxy groups -OCH3 is 1. The Labute approximate surface area is 412 Å². The highest BCUT2D eigenvalue weighted by Crippen LogP contribution is 2.51. The molecule has 1 aromatic carbocycles. The number of hydrogen-bond donors (Lipinski definition) is 7. The SMILES string of the molecule is COCCOCCOCCOCC[N+](CCCS(=O)(=O)O)=c1ccc2c(C(C)(C)C)cc(C=CC=C3N(CCCCCC(=O)NNNN)c4ccc(S(=O)(=O)O)cc4C3(C)CCCS(=O)(=O)O)oc-2c1. The van der Waals surface area contributed by atoms with Gasteiger partial charge in [0.2, 0.25) is 11.3 Å². The molecule has 8 N–H and O–H groups in total. The van der Waals surface area contributed by atoms with E-state index in [1.165, 1.54) is 12.1 Å². The molecule has 0 radical (unpaired) electrons. The number of ether oxygens (including phenoxy) is 4. The minimum atomic E-state index is -4.62. The molecular formula is C46H71N6O15S3+. The second kappa shape index (κ2) is 27.1. The number of amides is 1. The molecule has 1 atom stereocenters. The summed E-state index contributed by atoms with van der Waals surface area (Å²) in [5.41, 5.74) is 9.23. The third-order valence-corrected chi connectivity index (χ3v) is 14.1. The van der Waals surface area contributed by atoms with Gasteiger partial charge in [0.1, 0.15) is 24.7 Å². The molecule has 0 saturated heterocycles. The van der Waals surface area contributed by atoms with Gasteiger partial charge in [0.25, 0.3) is 30.4 Å². The van der Waals surface area contributed by atoms with E-state index in [2.05, 4.69) is 37.3 Å². The first-order valence-electron chi connectivity index (χ1n) is 23.0. The Bertz CT molecular complexity index is 2630. The van der Waals surface area contributed by atoms with E-state index in [9.17, 15) is 43.7 Å². The number of hydrogen-bond acceptors (Lipinski definition) is 16. The second-order valence-corrected chi connectivity index (χ2v) is 22.6. The molecule has 1 unspecified atom stereocenters. The number of fused-ring (bicyclic) bond motifs is 2. The molecule has 2 heterocycles. The largest absolute Gasteiger partial charge is 0.456 e. The van der Waals surface area contributed by atoms with Crippen molar-refractivity contribution in [2.24, 2.45) is 5.84 Å². The summed E-state index contributed by atoms with van der Waals surface area (Å²) in [6.45, 7) is 12.0. The number of unbranched alkanes of at least 4 members (excludes halogenated alkanes) is 2. The minimum Gasteiger partial charge on any atom is -0.456 e. The average Bonchev–Trinajstić information content (AvgIpc) is 3.50. The van der Waals surface area contributed by atoms with Gasteiger partial charge in [0.15, 0.2) is 6.54 Å². The predicted molar refractivity (Wildman–Crippen MR) is 265 cm³/mol. The molecule has 0 spiro atoms. The molecule has 1 amide bonds. The summed E-state index contributed by atoms with van der Waals surface area (Å²) in [7, 11) is -11.6. The third-order valence-electron chi connectivity index (χ3n) is 11.6. The molecule has 24 heteroatoms. The second-order valence-electron chi connectivity index (χ2n) is 18.0. The van der Waals surface area contributed by atoms with Crippen LogP contribution < -0.4 is 37.2 Å². The Morgan fingerprint density at radius 1 is 0.829 bits per heavy atom. The van der Waals surface area contributed by atoms with E-state index in [0.29, 0.717) is 107 Å². The van der Waals surface area contributed by atoms with Crippen molar-refractivity contribution in [1.82, 2.24) is 21.1 Å². The Kier molecular flexibility index (Phi) is 22.6. The van der Waals surface area contributed by atoms with E-state index in [0.717, 1.165) is 16.5 Å². The van der Waals surface area contributed by atoms with Gasteiger partial charge in [0, 0.05) is 54.9 Å². The number of rotatable bonds is 31. The number of carbonyl (C=O) groups is 1. The van der Waals surface area contributed by atoms with Crippen molar-refractivity contribution in [1.29, 1.82) is 0 Å². The lowest BCUT2D eigenvalue weighted by molar-refractivity contribution is -0.122. The van der Waals surface area contributed by atoms with E-state index >= 15 is 0 Å². The van der Waals surface area contributed by atoms with Gasteiger partial charge in [-0.3, -0.25) is 29.7 Å². The van der Waals surface area contributed by atoms with Gasteiger partial charge in [-0.2, -0.15) is 36.3 Å². The van der Waals surface area contributed by atoms with Crippen molar-refractivity contribution >= 4 is 48.0 Å². The van der Waals surface area contributed by atoms with Crippen LogP contribution in [0.2, 0.25) is 0 Å². The summed E-state index contributed by atoms with van der Waals surface area (Å²) in [5, 5.41) is 0.733. The van der Waals surface area contributed by atoms with Crippen LogP contribution in [0.1, 0.15) is 89.5 Å². The van der Waals surface area contributed by atoms with Crippen molar-refractivity contribution in [3.8, 4) is 11.3 Å². The van der Waals surface area contributed by atoms with Gasteiger partial charge in [-0.1, -0.05) is 33.3 Å². The number of carbonyl (C=O) groups excluding carboxylic acids is 1. The van der Waals surface area contributed by atoms with Crippen LogP contribution in [0.15, 0.2) is 69.6 Å².